The summed E-state index contributed by atoms with van der Waals surface area (Å²) < 4.78 is 5.94. The molecule has 140 valence electrons. The average Bonchev–Trinajstić information content (AvgIpc) is 3.00. The summed E-state index contributed by atoms with van der Waals surface area (Å²) in [6.45, 7) is 13.7. The smallest absolute Gasteiger partial charge is 0.228 e. The number of nitrogens with one attached hydrogen (secondary N) is 1. The van der Waals surface area contributed by atoms with Crippen molar-refractivity contribution in [2.45, 2.75) is 39.3 Å². The maximum absolute atomic E-state index is 12.4. The lowest BCUT2D eigenvalue weighted by Crippen LogP contribution is -2.54. The summed E-state index contributed by atoms with van der Waals surface area (Å²) in [5.74, 6) is 0.172. The van der Waals surface area contributed by atoms with Gasteiger partial charge in [0, 0.05) is 57.5 Å². The zero-order chi connectivity index (χ0) is 17.8. The molecule has 25 heavy (non-hydrogen) atoms. The zero-order valence-electron chi connectivity index (χ0n) is 15.7. The first-order valence-corrected chi connectivity index (χ1v) is 9.38. The fraction of sp³-hybridized carbons (Fsp3) is 0.778. The molecule has 1 unspecified atom stereocenters. The molecule has 3 rings (SSSR count). The molecule has 1 amide bonds. The Morgan fingerprint density at radius 1 is 1.32 bits per heavy atom. The van der Waals surface area contributed by atoms with Gasteiger partial charge in [-0.3, -0.25) is 19.7 Å². The summed E-state index contributed by atoms with van der Waals surface area (Å²) in [4.78, 5) is 19.3. The molecule has 3 heterocycles. The number of aryl methyl sites for hydroxylation is 1. The van der Waals surface area contributed by atoms with Crippen LogP contribution in [0.25, 0.3) is 0 Å². The monoisotopic (exact) mass is 349 g/mol. The number of rotatable bonds is 5. The number of H-pyrrole nitrogens is 1. The lowest BCUT2D eigenvalue weighted by molar-refractivity contribution is -0.132. The highest BCUT2D eigenvalue weighted by Gasteiger charge is 2.27. The van der Waals surface area contributed by atoms with E-state index in [1.807, 2.05) is 17.9 Å². The van der Waals surface area contributed by atoms with E-state index in [1.54, 1.807) is 0 Å². The Kier molecular flexibility index (Phi) is 6.09. The Balaban J connectivity index is 1.41. The van der Waals surface area contributed by atoms with Crippen LogP contribution >= 0.6 is 0 Å². The van der Waals surface area contributed by atoms with E-state index in [0.717, 1.165) is 63.8 Å². The molecule has 1 atom stereocenters. The number of ether oxygens (including phenoxy) is 1. The number of aromatic amines is 1. The highest BCUT2D eigenvalue weighted by Crippen LogP contribution is 2.12. The number of nitrogens with zero attached hydrogens (tertiary/aromatic N) is 4. The molecule has 2 aliphatic heterocycles. The molecule has 0 aliphatic carbocycles. The third-order valence-corrected chi connectivity index (χ3v) is 5.18. The van der Waals surface area contributed by atoms with Crippen LogP contribution in [0.15, 0.2) is 6.07 Å². The zero-order valence-corrected chi connectivity index (χ0v) is 15.7. The number of carbonyl (C=O) groups is 1. The standard InChI is InChI=1S/C18H31N5O2/c1-14(2)23-8-9-25-17(13-23)12-21-4-6-22(7-5-21)18(24)11-16-10-15(3)19-20-16/h10,14,17H,4-9,11-13H2,1-3H3,(H,19,20). The normalized spacial score (nSPS) is 23.4. The molecule has 0 spiro atoms. The third kappa shape index (κ3) is 5.03. The molecule has 1 aromatic rings. The summed E-state index contributed by atoms with van der Waals surface area (Å²) in [5.41, 5.74) is 1.82. The number of morpholine rings is 1. The van der Waals surface area contributed by atoms with Crippen LogP contribution in [0.1, 0.15) is 25.2 Å². The molecular weight excluding hydrogens is 318 g/mol. The van der Waals surface area contributed by atoms with Gasteiger partial charge in [0.1, 0.15) is 0 Å². The summed E-state index contributed by atoms with van der Waals surface area (Å²) in [7, 11) is 0. The largest absolute Gasteiger partial charge is 0.374 e. The minimum absolute atomic E-state index is 0.172. The van der Waals surface area contributed by atoms with Crippen molar-refractivity contribution in [1.82, 2.24) is 24.9 Å². The SMILES string of the molecule is Cc1cc(CC(=O)N2CCN(CC3CN(C(C)C)CCO3)CC2)n[nH]1. The van der Waals surface area contributed by atoms with Crippen LogP contribution in [-0.2, 0) is 16.0 Å². The Labute approximate surface area is 150 Å². The molecule has 7 heteroatoms. The lowest BCUT2D eigenvalue weighted by Gasteiger charge is -2.40. The molecule has 2 aliphatic rings. The number of amides is 1. The second-order valence-corrected chi connectivity index (χ2v) is 7.48. The van der Waals surface area contributed by atoms with E-state index in [4.69, 9.17) is 4.74 Å². The summed E-state index contributed by atoms with van der Waals surface area (Å²) in [6, 6.07) is 2.52. The van der Waals surface area contributed by atoms with E-state index in [9.17, 15) is 4.79 Å². The number of carbonyl (C=O) groups excluding carboxylic acids is 1. The summed E-state index contributed by atoms with van der Waals surface area (Å²) in [6.07, 6.45) is 0.671. The van der Waals surface area contributed by atoms with Gasteiger partial charge < -0.3 is 9.64 Å². The van der Waals surface area contributed by atoms with E-state index >= 15 is 0 Å². The molecule has 2 fully saturated rings. The van der Waals surface area contributed by atoms with Crippen molar-refractivity contribution in [1.29, 1.82) is 0 Å². The van der Waals surface area contributed by atoms with E-state index in [0.29, 0.717) is 12.5 Å². The van der Waals surface area contributed by atoms with Gasteiger partial charge in [0.05, 0.1) is 24.8 Å². The minimum atomic E-state index is 0.172. The first-order valence-electron chi connectivity index (χ1n) is 9.38. The molecule has 0 aromatic carbocycles. The second kappa shape index (κ2) is 8.29. The van der Waals surface area contributed by atoms with Gasteiger partial charge in [-0.1, -0.05) is 0 Å². The molecule has 7 nitrogen and oxygen atoms in total. The highest BCUT2D eigenvalue weighted by molar-refractivity contribution is 5.78. The van der Waals surface area contributed by atoms with Gasteiger partial charge >= 0.3 is 0 Å². The van der Waals surface area contributed by atoms with Crippen molar-refractivity contribution >= 4 is 5.91 Å². The first-order chi connectivity index (χ1) is 12.0. The van der Waals surface area contributed by atoms with Crippen LogP contribution in [0.3, 0.4) is 0 Å². The number of hydrogen-bond donors (Lipinski definition) is 1. The number of aromatic nitrogens is 2. The maximum Gasteiger partial charge on any atom is 0.228 e. The number of hydrogen-bond acceptors (Lipinski definition) is 5. The van der Waals surface area contributed by atoms with Crippen LogP contribution in [0.4, 0.5) is 0 Å². The Morgan fingerprint density at radius 3 is 2.72 bits per heavy atom. The highest BCUT2D eigenvalue weighted by atomic mass is 16.5. The minimum Gasteiger partial charge on any atom is -0.374 e. The predicted molar refractivity (Wildman–Crippen MR) is 96.5 cm³/mol. The summed E-state index contributed by atoms with van der Waals surface area (Å²) in [5, 5.41) is 7.05. The topological polar surface area (TPSA) is 64.7 Å². The quantitative estimate of drug-likeness (QED) is 0.839. The molecule has 0 bridgehead atoms. The third-order valence-electron chi connectivity index (χ3n) is 5.18. The van der Waals surface area contributed by atoms with Gasteiger partial charge in [0.2, 0.25) is 5.91 Å². The van der Waals surface area contributed by atoms with Crippen molar-refractivity contribution in [2.75, 3.05) is 52.4 Å². The van der Waals surface area contributed by atoms with Crippen molar-refractivity contribution < 1.29 is 9.53 Å². The average molecular weight is 349 g/mol. The van der Waals surface area contributed by atoms with Gasteiger partial charge in [-0.05, 0) is 26.8 Å². The Hall–Kier alpha value is -1.44. The van der Waals surface area contributed by atoms with Gasteiger partial charge in [0.15, 0.2) is 0 Å². The Morgan fingerprint density at radius 2 is 2.08 bits per heavy atom. The molecule has 0 radical (unpaired) electrons. The van der Waals surface area contributed by atoms with E-state index < -0.39 is 0 Å². The van der Waals surface area contributed by atoms with Crippen LogP contribution in [0.5, 0.6) is 0 Å². The van der Waals surface area contributed by atoms with Gasteiger partial charge in [0.25, 0.3) is 0 Å². The fourth-order valence-corrected chi connectivity index (χ4v) is 3.62. The number of piperazine rings is 1. The van der Waals surface area contributed by atoms with Crippen molar-refractivity contribution in [3.63, 3.8) is 0 Å². The first kappa shape index (κ1) is 18.4. The Bertz CT molecular complexity index is 566. The van der Waals surface area contributed by atoms with E-state index in [2.05, 4.69) is 33.8 Å². The lowest BCUT2D eigenvalue weighted by atomic mass is 10.2. The van der Waals surface area contributed by atoms with Crippen LogP contribution in [0.2, 0.25) is 0 Å². The molecule has 2 saturated heterocycles. The molecule has 0 saturated carbocycles. The van der Waals surface area contributed by atoms with Crippen molar-refractivity contribution in [3.8, 4) is 0 Å². The fourth-order valence-electron chi connectivity index (χ4n) is 3.62. The van der Waals surface area contributed by atoms with Crippen LogP contribution in [-0.4, -0.2) is 95.4 Å². The molecular formula is C18H31N5O2. The van der Waals surface area contributed by atoms with Crippen LogP contribution < -0.4 is 0 Å². The maximum atomic E-state index is 12.4. The van der Waals surface area contributed by atoms with Gasteiger partial charge in [-0.2, -0.15) is 5.10 Å². The van der Waals surface area contributed by atoms with Crippen molar-refractivity contribution in [2.24, 2.45) is 0 Å². The van der Waals surface area contributed by atoms with Crippen molar-refractivity contribution in [3.05, 3.63) is 17.5 Å². The second-order valence-electron chi connectivity index (χ2n) is 7.48. The van der Waals surface area contributed by atoms with Gasteiger partial charge in [-0.25, -0.2) is 0 Å². The van der Waals surface area contributed by atoms with Gasteiger partial charge in [-0.15, -0.1) is 0 Å². The van der Waals surface area contributed by atoms with E-state index in [1.165, 1.54) is 0 Å². The summed E-state index contributed by atoms with van der Waals surface area (Å²) >= 11 is 0. The molecule has 1 aromatic heterocycles. The predicted octanol–water partition coefficient (Wildman–Crippen LogP) is 0.514. The van der Waals surface area contributed by atoms with E-state index in [-0.39, 0.29) is 12.0 Å². The van der Waals surface area contributed by atoms with Crippen LogP contribution in [0, 0.1) is 6.92 Å². The molecule has 1 N–H and O–H groups in total.